The minimum Gasteiger partial charge on any atom is -0.490 e. The van der Waals surface area contributed by atoms with Crippen LogP contribution in [0.25, 0.3) is 16.7 Å². The Kier molecular flexibility index (Phi) is 5.08. The highest BCUT2D eigenvalue weighted by Gasteiger charge is 2.20. The van der Waals surface area contributed by atoms with Crippen LogP contribution in [0.4, 0.5) is 0 Å². The molecule has 2 heterocycles. The normalized spacial score (nSPS) is 12.1. The summed E-state index contributed by atoms with van der Waals surface area (Å²) in [5.41, 5.74) is 2.92. The summed E-state index contributed by atoms with van der Waals surface area (Å²) in [6, 6.07) is 17.1. The van der Waals surface area contributed by atoms with E-state index < -0.39 is 0 Å². The first-order valence-electron chi connectivity index (χ1n) is 9.64. The number of aromatic nitrogens is 2. The molecule has 1 N–H and O–H groups in total. The summed E-state index contributed by atoms with van der Waals surface area (Å²) in [6.07, 6.45) is 1.59. The number of benzene rings is 2. The maximum Gasteiger partial charge on any atom is 0.255 e. The molecule has 4 rings (SSSR count). The van der Waals surface area contributed by atoms with Crippen LogP contribution >= 0.6 is 0 Å². The number of ether oxygens (including phenoxy) is 1. The van der Waals surface area contributed by atoms with Crippen molar-refractivity contribution in [1.82, 2.24) is 15.1 Å². The van der Waals surface area contributed by atoms with Gasteiger partial charge in [0.25, 0.3) is 5.91 Å². The molecule has 29 heavy (non-hydrogen) atoms. The van der Waals surface area contributed by atoms with Crippen LogP contribution in [-0.2, 0) is 0 Å². The topological polar surface area (TPSA) is 69.3 Å². The summed E-state index contributed by atoms with van der Waals surface area (Å²) in [6.45, 7) is 6.28. The van der Waals surface area contributed by atoms with E-state index in [-0.39, 0.29) is 11.9 Å². The minimum absolute atomic E-state index is 0.192. The van der Waals surface area contributed by atoms with E-state index in [1.807, 2.05) is 75.4 Å². The molecule has 0 spiro atoms. The van der Waals surface area contributed by atoms with Crippen LogP contribution in [0.3, 0.4) is 0 Å². The van der Waals surface area contributed by atoms with Crippen molar-refractivity contribution in [3.8, 4) is 11.4 Å². The van der Waals surface area contributed by atoms with E-state index in [0.29, 0.717) is 29.3 Å². The summed E-state index contributed by atoms with van der Waals surface area (Å²) >= 11 is 0. The number of fused-ring (bicyclic) bond motifs is 1. The lowest BCUT2D eigenvalue weighted by Crippen LogP contribution is -2.26. The predicted molar refractivity (Wildman–Crippen MR) is 112 cm³/mol. The van der Waals surface area contributed by atoms with Gasteiger partial charge in [0.2, 0.25) is 0 Å². The second kappa shape index (κ2) is 7.83. The molecule has 2 aromatic carbocycles. The lowest BCUT2D eigenvalue weighted by atomic mass is 10.2. The molecule has 2 aromatic heterocycles. The van der Waals surface area contributed by atoms with Crippen molar-refractivity contribution in [1.29, 1.82) is 0 Å². The first-order valence-corrected chi connectivity index (χ1v) is 9.64. The van der Waals surface area contributed by atoms with Gasteiger partial charge in [-0.2, -0.15) is 5.10 Å². The van der Waals surface area contributed by atoms with Crippen molar-refractivity contribution in [3.05, 3.63) is 77.8 Å². The summed E-state index contributed by atoms with van der Waals surface area (Å²) in [5, 5.41) is 8.32. The minimum atomic E-state index is -0.302. The molecule has 0 aliphatic heterocycles. The van der Waals surface area contributed by atoms with Crippen molar-refractivity contribution in [2.24, 2.45) is 0 Å². The Balaban J connectivity index is 1.55. The number of para-hydroxylation sites is 2. The van der Waals surface area contributed by atoms with Crippen molar-refractivity contribution in [2.75, 3.05) is 6.61 Å². The summed E-state index contributed by atoms with van der Waals surface area (Å²) in [4.78, 5) is 12.8. The number of nitrogens with one attached hydrogen (secondary N) is 1. The van der Waals surface area contributed by atoms with Crippen LogP contribution in [-0.4, -0.2) is 22.3 Å². The number of nitrogens with zero attached hydrogens (tertiary/aromatic N) is 2. The van der Waals surface area contributed by atoms with Crippen LogP contribution < -0.4 is 10.1 Å². The van der Waals surface area contributed by atoms with E-state index >= 15 is 0 Å². The highest BCUT2D eigenvalue weighted by molar-refractivity contribution is 5.95. The maximum atomic E-state index is 12.8. The molecule has 0 fully saturated rings. The molecule has 148 valence electrons. The first-order chi connectivity index (χ1) is 14.1. The molecule has 1 atom stereocenters. The largest absolute Gasteiger partial charge is 0.490 e. The molecular weight excluding hydrogens is 366 g/mol. The highest BCUT2D eigenvalue weighted by Crippen LogP contribution is 2.31. The lowest BCUT2D eigenvalue weighted by molar-refractivity contribution is 0.0935. The van der Waals surface area contributed by atoms with Gasteiger partial charge in [-0.25, -0.2) is 4.68 Å². The SMILES string of the molecule is CCOc1cccc2cc(C(C)NC(=O)c3cnn(-c4ccccc4)c3C)oc12. The van der Waals surface area contributed by atoms with E-state index in [2.05, 4.69) is 10.4 Å². The van der Waals surface area contributed by atoms with Crippen molar-refractivity contribution >= 4 is 16.9 Å². The fourth-order valence-corrected chi connectivity index (χ4v) is 3.35. The number of carbonyl (C=O) groups excluding carboxylic acids is 1. The molecule has 0 bridgehead atoms. The van der Waals surface area contributed by atoms with Gasteiger partial charge in [0, 0.05) is 5.39 Å². The Hall–Kier alpha value is -3.54. The molecule has 6 heteroatoms. The first kappa shape index (κ1) is 18.8. The van der Waals surface area contributed by atoms with Crippen molar-refractivity contribution in [3.63, 3.8) is 0 Å². The van der Waals surface area contributed by atoms with Gasteiger partial charge < -0.3 is 14.5 Å². The molecule has 0 saturated heterocycles. The molecule has 0 aliphatic carbocycles. The van der Waals surface area contributed by atoms with Crippen LogP contribution in [0.5, 0.6) is 5.75 Å². The summed E-state index contributed by atoms with van der Waals surface area (Å²) < 4.78 is 13.4. The third-order valence-electron chi connectivity index (χ3n) is 4.86. The lowest BCUT2D eigenvalue weighted by Gasteiger charge is -2.11. The second-order valence-corrected chi connectivity index (χ2v) is 6.84. The summed E-state index contributed by atoms with van der Waals surface area (Å²) in [7, 11) is 0. The fraction of sp³-hybridized carbons (Fsp3) is 0.217. The van der Waals surface area contributed by atoms with E-state index in [4.69, 9.17) is 9.15 Å². The molecule has 6 nitrogen and oxygen atoms in total. The van der Waals surface area contributed by atoms with Gasteiger partial charge in [0.15, 0.2) is 11.3 Å². The number of hydrogen-bond donors (Lipinski definition) is 1. The van der Waals surface area contributed by atoms with Gasteiger partial charge in [-0.05, 0) is 45.0 Å². The smallest absolute Gasteiger partial charge is 0.255 e. The number of amides is 1. The molecule has 0 aliphatic rings. The number of furan rings is 1. The van der Waals surface area contributed by atoms with Gasteiger partial charge in [-0.3, -0.25) is 4.79 Å². The number of hydrogen-bond acceptors (Lipinski definition) is 4. The highest BCUT2D eigenvalue weighted by atomic mass is 16.5. The average Bonchev–Trinajstić information content (AvgIpc) is 3.33. The zero-order valence-corrected chi connectivity index (χ0v) is 16.7. The Morgan fingerprint density at radius 1 is 1.21 bits per heavy atom. The Bertz CT molecular complexity index is 1140. The fourth-order valence-electron chi connectivity index (χ4n) is 3.35. The molecule has 0 saturated carbocycles. The zero-order valence-electron chi connectivity index (χ0n) is 16.7. The summed E-state index contributed by atoms with van der Waals surface area (Å²) in [5.74, 6) is 1.19. The van der Waals surface area contributed by atoms with Crippen LogP contribution in [0.15, 0.2) is 65.2 Å². The number of rotatable bonds is 6. The zero-order chi connectivity index (χ0) is 20.4. The number of carbonyl (C=O) groups is 1. The van der Waals surface area contributed by atoms with E-state index in [9.17, 15) is 4.79 Å². The average molecular weight is 389 g/mol. The third-order valence-corrected chi connectivity index (χ3v) is 4.86. The van der Waals surface area contributed by atoms with Gasteiger partial charge in [-0.1, -0.05) is 30.3 Å². The van der Waals surface area contributed by atoms with Crippen LogP contribution in [0, 0.1) is 6.92 Å². The molecule has 1 amide bonds. The van der Waals surface area contributed by atoms with Crippen LogP contribution in [0.1, 0.15) is 41.7 Å². The van der Waals surface area contributed by atoms with Gasteiger partial charge in [-0.15, -0.1) is 0 Å². The molecule has 0 radical (unpaired) electrons. The van der Waals surface area contributed by atoms with E-state index in [1.54, 1.807) is 10.9 Å². The molecular formula is C23H23N3O3. The molecule has 1 unspecified atom stereocenters. The van der Waals surface area contributed by atoms with Crippen LogP contribution in [0.2, 0.25) is 0 Å². The molecule has 4 aromatic rings. The predicted octanol–water partition coefficient (Wildman–Crippen LogP) is 4.82. The second-order valence-electron chi connectivity index (χ2n) is 6.84. The van der Waals surface area contributed by atoms with E-state index in [0.717, 1.165) is 16.8 Å². The maximum absolute atomic E-state index is 12.8. The van der Waals surface area contributed by atoms with E-state index in [1.165, 1.54) is 0 Å². The monoisotopic (exact) mass is 389 g/mol. The van der Waals surface area contributed by atoms with Gasteiger partial charge >= 0.3 is 0 Å². The standard InChI is InChI=1S/C23H23N3O3/c1-4-28-20-12-8-9-17-13-21(29-22(17)20)15(2)25-23(27)19-14-24-26(16(19)3)18-10-6-5-7-11-18/h5-15H,4H2,1-3H3,(H,25,27). The van der Waals surface area contributed by atoms with Gasteiger partial charge in [0.05, 0.1) is 35.8 Å². The Labute approximate surface area is 169 Å². The Morgan fingerprint density at radius 3 is 2.76 bits per heavy atom. The Morgan fingerprint density at radius 2 is 2.00 bits per heavy atom. The van der Waals surface area contributed by atoms with Crippen molar-refractivity contribution in [2.45, 2.75) is 26.8 Å². The quantitative estimate of drug-likeness (QED) is 0.513. The van der Waals surface area contributed by atoms with Crippen molar-refractivity contribution < 1.29 is 13.9 Å². The van der Waals surface area contributed by atoms with Gasteiger partial charge in [0.1, 0.15) is 5.76 Å². The third kappa shape index (κ3) is 3.61.